The minimum atomic E-state index is -0.471. The van der Waals surface area contributed by atoms with Crippen molar-refractivity contribution in [2.24, 2.45) is 0 Å². The van der Waals surface area contributed by atoms with E-state index in [1.54, 1.807) is 24.0 Å². The molecular formula is C21H23NO6. The lowest BCUT2D eigenvalue weighted by atomic mass is 10.1. The zero-order chi connectivity index (χ0) is 20.1. The summed E-state index contributed by atoms with van der Waals surface area (Å²) in [6.07, 6.45) is 2.98. The molecule has 1 aromatic carbocycles. The van der Waals surface area contributed by atoms with Crippen LogP contribution in [0.15, 0.2) is 34.8 Å². The number of rotatable bonds is 6. The molecule has 0 bridgehead atoms. The van der Waals surface area contributed by atoms with Gasteiger partial charge in [0.25, 0.3) is 0 Å². The number of likely N-dealkylation sites (N-methyl/N-ethyl adjacent to an activating group) is 1. The summed E-state index contributed by atoms with van der Waals surface area (Å²) in [6.45, 7) is 5.64. The summed E-state index contributed by atoms with van der Waals surface area (Å²) in [5, 5.41) is 0. The van der Waals surface area contributed by atoms with Gasteiger partial charge in [-0.05, 0) is 43.7 Å². The van der Waals surface area contributed by atoms with E-state index in [0.29, 0.717) is 49.1 Å². The second-order valence-electron chi connectivity index (χ2n) is 6.27. The standard InChI is InChI=1S/C21H23NO6/c1-4-22(13-15-5-7-18-19(11-15)27-10-9-26-18)20(23)8-6-16-12-17(14(2)28-16)21(24)25-3/h5-8,11-12H,4,9-10,13H2,1-3H3/b8-6+. The molecule has 0 atom stereocenters. The normalized spacial score (nSPS) is 12.8. The molecule has 0 fully saturated rings. The molecule has 28 heavy (non-hydrogen) atoms. The van der Waals surface area contributed by atoms with Crippen LogP contribution in [0.5, 0.6) is 11.5 Å². The van der Waals surface area contributed by atoms with Gasteiger partial charge in [0, 0.05) is 19.2 Å². The Morgan fingerprint density at radius 3 is 2.64 bits per heavy atom. The Morgan fingerprint density at radius 1 is 1.18 bits per heavy atom. The first-order valence-corrected chi connectivity index (χ1v) is 9.06. The highest BCUT2D eigenvalue weighted by Gasteiger charge is 2.16. The van der Waals surface area contributed by atoms with Crippen LogP contribution in [0.1, 0.15) is 34.4 Å². The number of hydrogen-bond donors (Lipinski definition) is 0. The van der Waals surface area contributed by atoms with Crippen molar-refractivity contribution in [1.29, 1.82) is 0 Å². The number of fused-ring (bicyclic) bond motifs is 1. The lowest BCUT2D eigenvalue weighted by molar-refractivity contribution is -0.126. The van der Waals surface area contributed by atoms with Crippen LogP contribution in [-0.4, -0.2) is 43.6 Å². The van der Waals surface area contributed by atoms with Crippen molar-refractivity contribution in [3.63, 3.8) is 0 Å². The van der Waals surface area contributed by atoms with Crippen LogP contribution in [0.3, 0.4) is 0 Å². The average molecular weight is 385 g/mol. The molecule has 7 heteroatoms. The van der Waals surface area contributed by atoms with Crippen LogP contribution < -0.4 is 9.47 Å². The molecule has 0 saturated heterocycles. The predicted molar refractivity (Wildman–Crippen MR) is 102 cm³/mol. The second kappa shape index (κ2) is 8.65. The van der Waals surface area contributed by atoms with Gasteiger partial charge in [0.05, 0.1) is 7.11 Å². The van der Waals surface area contributed by atoms with Crippen LogP contribution >= 0.6 is 0 Å². The number of benzene rings is 1. The highest BCUT2D eigenvalue weighted by atomic mass is 16.6. The van der Waals surface area contributed by atoms with Crippen molar-refractivity contribution < 1.29 is 28.2 Å². The van der Waals surface area contributed by atoms with E-state index in [1.165, 1.54) is 13.2 Å². The number of carbonyl (C=O) groups is 2. The van der Waals surface area contributed by atoms with E-state index in [2.05, 4.69) is 0 Å². The molecule has 0 saturated carbocycles. The number of nitrogens with zero attached hydrogens (tertiary/aromatic N) is 1. The topological polar surface area (TPSA) is 78.2 Å². The summed E-state index contributed by atoms with van der Waals surface area (Å²) in [5.41, 5.74) is 1.30. The molecule has 0 radical (unpaired) electrons. The van der Waals surface area contributed by atoms with Gasteiger partial charge >= 0.3 is 5.97 Å². The Morgan fingerprint density at radius 2 is 1.93 bits per heavy atom. The van der Waals surface area contributed by atoms with Gasteiger partial charge in [-0.1, -0.05) is 6.07 Å². The smallest absolute Gasteiger partial charge is 0.341 e. The molecule has 0 spiro atoms. The number of carbonyl (C=O) groups excluding carboxylic acids is 2. The molecule has 2 aromatic rings. The van der Waals surface area contributed by atoms with Crippen LogP contribution in [-0.2, 0) is 16.1 Å². The first-order chi connectivity index (χ1) is 13.5. The lowest BCUT2D eigenvalue weighted by Crippen LogP contribution is -2.28. The van der Waals surface area contributed by atoms with Gasteiger partial charge in [-0.15, -0.1) is 0 Å². The highest BCUT2D eigenvalue weighted by Crippen LogP contribution is 2.31. The fraction of sp³-hybridized carbons (Fsp3) is 0.333. The summed E-state index contributed by atoms with van der Waals surface area (Å²) in [5.74, 6) is 1.65. The van der Waals surface area contributed by atoms with Gasteiger partial charge in [0.1, 0.15) is 30.3 Å². The third-order valence-electron chi connectivity index (χ3n) is 4.41. The van der Waals surface area contributed by atoms with E-state index < -0.39 is 5.97 Å². The van der Waals surface area contributed by atoms with E-state index in [0.717, 1.165) is 11.3 Å². The molecule has 3 rings (SSSR count). The number of furan rings is 1. The monoisotopic (exact) mass is 385 g/mol. The van der Waals surface area contributed by atoms with Gasteiger partial charge < -0.3 is 23.5 Å². The Bertz CT molecular complexity index is 898. The number of esters is 1. The van der Waals surface area contributed by atoms with E-state index in [-0.39, 0.29) is 5.91 Å². The molecule has 7 nitrogen and oxygen atoms in total. The largest absolute Gasteiger partial charge is 0.486 e. The number of methoxy groups -OCH3 is 1. The summed E-state index contributed by atoms with van der Waals surface area (Å²) in [7, 11) is 1.31. The van der Waals surface area contributed by atoms with Crippen LogP contribution in [0.25, 0.3) is 6.08 Å². The Balaban J connectivity index is 1.68. The summed E-state index contributed by atoms with van der Waals surface area (Å²) < 4.78 is 21.3. The first kappa shape index (κ1) is 19.5. The lowest BCUT2D eigenvalue weighted by Gasteiger charge is -2.22. The molecular weight excluding hydrogens is 362 g/mol. The maximum Gasteiger partial charge on any atom is 0.341 e. The number of hydrogen-bond acceptors (Lipinski definition) is 6. The Hall–Kier alpha value is -3.22. The van der Waals surface area contributed by atoms with Crippen LogP contribution in [0, 0.1) is 6.92 Å². The quantitative estimate of drug-likeness (QED) is 0.561. The minimum absolute atomic E-state index is 0.161. The number of ether oxygens (including phenoxy) is 3. The fourth-order valence-electron chi connectivity index (χ4n) is 2.91. The van der Waals surface area contributed by atoms with Gasteiger partial charge in [0.15, 0.2) is 11.5 Å². The summed E-state index contributed by atoms with van der Waals surface area (Å²) in [6, 6.07) is 7.23. The average Bonchev–Trinajstić information content (AvgIpc) is 3.10. The van der Waals surface area contributed by atoms with Crippen LogP contribution in [0.4, 0.5) is 0 Å². The third-order valence-corrected chi connectivity index (χ3v) is 4.41. The maximum absolute atomic E-state index is 12.6. The molecule has 1 amide bonds. The molecule has 148 valence electrons. The van der Waals surface area contributed by atoms with Crippen LogP contribution in [0.2, 0.25) is 0 Å². The molecule has 0 unspecified atom stereocenters. The fourth-order valence-corrected chi connectivity index (χ4v) is 2.91. The van der Waals surface area contributed by atoms with E-state index in [9.17, 15) is 9.59 Å². The second-order valence-corrected chi connectivity index (χ2v) is 6.27. The van der Waals surface area contributed by atoms with Gasteiger partial charge in [0.2, 0.25) is 5.91 Å². The minimum Gasteiger partial charge on any atom is -0.486 e. The maximum atomic E-state index is 12.6. The van der Waals surface area contributed by atoms with E-state index in [1.807, 2.05) is 25.1 Å². The van der Waals surface area contributed by atoms with Crippen molar-refractivity contribution in [2.45, 2.75) is 20.4 Å². The Kier molecular flexibility index (Phi) is 6.03. The summed E-state index contributed by atoms with van der Waals surface area (Å²) in [4.78, 5) is 25.9. The zero-order valence-corrected chi connectivity index (χ0v) is 16.2. The van der Waals surface area contributed by atoms with Gasteiger partial charge in [-0.25, -0.2) is 4.79 Å². The number of aryl methyl sites for hydroxylation is 1. The van der Waals surface area contributed by atoms with Gasteiger partial charge in [-0.3, -0.25) is 4.79 Å². The molecule has 0 aliphatic carbocycles. The zero-order valence-electron chi connectivity index (χ0n) is 16.2. The molecule has 2 heterocycles. The van der Waals surface area contributed by atoms with Crippen molar-refractivity contribution in [1.82, 2.24) is 4.90 Å². The van der Waals surface area contributed by atoms with Gasteiger partial charge in [-0.2, -0.15) is 0 Å². The highest BCUT2D eigenvalue weighted by molar-refractivity contribution is 5.93. The SMILES string of the molecule is CCN(Cc1ccc2c(c1)OCCO2)C(=O)/C=C/c1cc(C(=O)OC)c(C)o1. The molecule has 1 aromatic heterocycles. The van der Waals surface area contributed by atoms with Crippen molar-refractivity contribution in [3.05, 3.63) is 53.0 Å². The van der Waals surface area contributed by atoms with Crippen molar-refractivity contribution in [3.8, 4) is 11.5 Å². The van der Waals surface area contributed by atoms with Crippen molar-refractivity contribution in [2.75, 3.05) is 26.9 Å². The van der Waals surface area contributed by atoms with Crippen molar-refractivity contribution >= 4 is 18.0 Å². The predicted octanol–water partition coefficient (Wildman–Crippen LogP) is 3.21. The summed E-state index contributed by atoms with van der Waals surface area (Å²) >= 11 is 0. The first-order valence-electron chi connectivity index (χ1n) is 9.06. The molecule has 1 aliphatic heterocycles. The molecule has 1 aliphatic rings. The third kappa shape index (κ3) is 4.36. The number of amides is 1. The van der Waals surface area contributed by atoms with E-state index in [4.69, 9.17) is 18.6 Å². The Labute approximate surface area is 163 Å². The van der Waals surface area contributed by atoms with E-state index >= 15 is 0 Å². The molecule has 0 N–H and O–H groups in total.